The molecular weight excluding hydrogens is 427 g/mol. The standard InChI is InChI=1S/C22H14Cl2N2O4/c23-14-2-4-15(5-3-14)26-19(13-1-6-17(27)16(24)11-13)18(21(29)22(26)30)20(28)12-7-9-25-10-8-12/h1-11,19,27-28H/b20-18-. The van der Waals surface area contributed by atoms with Crippen LogP contribution >= 0.6 is 23.2 Å². The number of hydrogen-bond acceptors (Lipinski definition) is 5. The minimum atomic E-state index is -0.961. The van der Waals surface area contributed by atoms with E-state index in [0.29, 0.717) is 21.8 Å². The number of aromatic nitrogens is 1. The van der Waals surface area contributed by atoms with Gasteiger partial charge in [0.2, 0.25) is 0 Å². The van der Waals surface area contributed by atoms with Gasteiger partial charge in [0.1, 0.15) is 11.5 Å². The van der Waals surface area contributed by atoms with E-state index in [1.54, 1.807) is 30.3 Å². The molecule has 0 aliphatic carbocycles. The van der Waals surface area contributed by atoms with E-state index in [-0.39, 0.29) is 22.1 Å². The Labute approximate surface area is 181 Å². The van der Waals surface area contributed by atoms with Crippen molar-refractivity contribution in [3.8, 4) is 5.75 Å². The molecule has 0 spiro atoms. The molecule has 1 saturated heterocycles. The summed E-state index contributed by atoms with van der Waals surface area (Å²) in [6.07, 6.45) is 2.94. The van der Waals surface area contributed by atoms with Gasteiger partial charge in [-0.25, -0.2) is 0 Å². The topological polar surface area (TPSA) is 90.7 Å². The summed E-state index contributed by atoms with van der Waals surface area (Å²) >= 11 is 12.0. The van der Waals surface area contributed by atoms with Gasteiger partial charge < -0.3 is 10.2 Å². The number of hydrogen-bond donors (Lipinski definition) is 2. The second-order valence-electron chi connectivity index (χ2n) is 6.59. The minimum Gasteiger partial charge on any atom is -0.507 e. The van der Waals surface area contributed by atoms with Crippen molar-refractivity contribution in [2.45, 2.75) is 6.04 Å². The molecule has 2 heterocycles. The van der Waals surface area contributed by atoms with Gasteiger partial charge >= 0.3 is 0 Å². The summed E-state index contributed by atoms with van der Waals surface area (Å²) < 4.78 is 0. The Hall–Kier alpha value is -3.35. The Morgan fingerprint density at radius 1 is 0.967 bits per heavy atom. The normalized spacial score (nSPS) is 18.1. The van der Waals surface area contributed by atoms with Gasteiger partial charge in [0, 0.05) is 28.7 Å². The molecule has 150 valence electrons. The van der Waals surface area contributed by atoms with E-state index in [4.69, 9.17) is 23.2 Å². The Bertz CT molecular complexity index is 1180. The second kappa shape index (κ2) is 7.82. The zero-order valence-electron chi connectivity index (χ0n) is 15.3. The summed E-state index contributed by atoms with van der Waals surface area (Å²) in [7, 11) is 0. The zero-order chi connectivity index (χ0) is 21.4. The highest BCUT2D eigenvalue weighted by molar-refractivity contribution is 6.51. The lowest BCUT2D eigenvalue weighted by atomic mass is 9.95. The van der Waals surface area contributed by atoms with Crippen molar-refractivity contribution < 1.29 is 19.8 Å². The summed E-state index contributed by atoms with van der Waals surface area (Å²) in [5.41, 5.74) is 1.11. The summed E-state index contributed by atoms with van der Waals surface area (Å²) in [4.78, 5) is 31.1. The highest BCUT2D eigenvalue weighted by atomic mass is 35.5. The predicted octanol–water partition coefficient (Wildman–Crippen LogP) is 4.72. The molecule has 1 aromatic heterocycles. The number of pyridine rings is 1. The number of phenols is 1. The molecule has 1 fully saturated rings. The Kier molecular flexibility index (Phi) is 5.20. The number of rotatable bonds is 3. The fourth-order valence-electron chi connectivity index (χ4n) is 3.37. The molecule has 1 amide bonds. The van der Waals surface area contributed by atoms with E-state index >= 15 is 0 Å². The summed E-state index contributed by atoms with van der Waals surface area (Å²) in [6, 6.07) is 12.9. The average Bonchev–Trinajstić information content (AvgIpc) is 3.02. The largest absolute Gasteiger partial charge is 0.507 e. The van der Waals surface area contributed by atoms with Gasteiger partial charge in [-0.3, -0.25) is 19.5 Å². The van der Waals surface area contributed by atoms with Crippen molar-refractivity contribution >= 4 is 46.3 Å². The molecule has 1 atom stereocenters. The van der Waals surface area contributed by atoms with Crippen LogP contribution in [0.15, 0.2) is 72.6 Å². The summed E-state index contributed by atoms with van der Waals surface area (Å²) in [5.74, 6) is -2.12. The van der Waals surface area contributed by atoms with Crippen LogP contribution in [0.4, 0.5) is 5.69 Å². The molecule has 1 unspecified atom stereocenters. The third-order valence-corrected chi connectivity index (χ3v) is 5.35. The van der Waals surface area contributed by atoms with Gasteiger partial charge in [-0.15, -0.1) is 0 Å². The highest BCUT2D eigenvalue weighted by Gasteiger charge is 2.47. The number of phenolic OH excluding ortho intramolecular Hbond substituents is 1. The van der Waals surface area contributed by atoms with E-state index in [0.717, 1.165) is 0 Å². The number of carbonyl (C=O) groups is 2. The molecular formula is C22H14Cl2N2O4. The van der Waals surface area contributed by atoms with E-state index < -0.39 is 17.7 Å². The van der Waals surface area contributed by atoms with Crippen molar-refractivity contribution in [3.05, 3.63) is 93.7 Å². The van der Waals surface area contributed by atoms with Gasteiger partial charge in [-0.1, -0.05) is 29.3 Å². The molecule has 3 aromatic rings. The molecule has 8 heteroatoms. The molecule has 4 rings (SSSR count). The number of nitrogens with zero attached hydrogens (tertiary/aromatic N) is 2. The quantitative estimate of drug-likeness (QED) is 0.349. The number of aromatic hydroxyl groups is 1. The molecule has 1 aliphatic heterocycles. The fourth-order valence-corrected chi connectivity index (χ4v) is 3.69. The van der Waals surface area contributed by atoms with Gasteiger partial charge in [-0.2, -0.15) is 0 Å². The predicted molar refractivity (Wildman–Crippen MR) is 114 cm³/mol. The number of Topliss-reactive ketones (excluding diaryl/α,β-unsaturated/α-hetero) is 1. The van der Waals surface area contributed by atoms with Crippen LogP contribution in [-0.2, 0) is 9.59 Å². The van der Waals surface area contributed by atoms with Crippen LogP contribution in [0.5, 0.6) is 5.75 Å². The first-order valence-electron chi connectivity index (χ1n) is 8.84. The number of aliphatic hydroxyl groups excluding tert-OH is 1. The number of aliphatic hydroxyl groups is 1. The Balaban J connectivity index is 1.96. The van der Waals surface area contributed by atoms with Crippen LogP contribution < -0.4 is 4.90 Å². The van der Waals surface area contributed by atoms with Crippen LogP contribution in [0.3, 0.4) is 0 Å². The summed E-state index contributed by atoms with van der Waals surface area (Å²) in [6.45, 7) is 0. The third kappa shape index (κ3) is 3.40. The fraction of sp³-hybridized carbons (Fsp3) is 0.0455. The molecule has 2 aromatic carbocycles. The average molecular weight is 441 g/mol. The number of amides is 1. The van der Waals surface area contributed by atoms with Crippen molar-refractivity contribution in [3.63, 3.8) is 0 Å². The molecule has 30 heavy (non-hydrogen) atoms. The SMILES string of the molecule is O=C1C(=O)N(c2ccc(Cl)cc2)C(c2ccc(O)c(Cl)c2)/C1=C(/O)c1ccncc1. The monoisotopic (exact) mass is 440 g/mol. The van der Waals surface area contributed by atoms with Gasteiger partial charge in [0.25, 0.3) is 11.7 Å². The number of carbonyl (C=O) groups excluding carboxylic acids is 2. The van der Waals surface area contributed by atoms with Crippen molar-refractivity contribution in [2.75, 3.05) is 4.90 Å². The molecule has 0 saturated carbocycles. The third-order valence-electron chi connectivity index (χ3n) is 4.79. The smallest absolute Gasteiger partial charge is 0.300 e. The number of ketones is 1. The Morgan fingerprint density at radius 3 is 2.27 bits per heavy atom. The van der Waals surface area contributed by atoms with Crippen LogP contribution in [0.2, 0.25) is 10.0 Å². The molecule has 2 N–H and O–H groups in total. The maximum Gasteiger partial charge on any atom is 0.300 e. The molecule has 0 radical (unpaired) electrons. The van der Waals surface area contributed by atoms with Gasteiger partial charge in [0.15, 0.2) is 0 Å². The van der Waals surface area contributed by atoms with Crippen LogP contribution in [0.25, 0.3) is 5.76 Å². The maximum absolute atomic E-state index is 13.0. The van der Waals surface area contributed by atoms with Crippen LogP contribution in [-0.4, -0.2) is 26.9 Å². The van der Waals surface area contributed by atoms with Crippen molar-refractivity contribution in [2.24, 2.45) is 0 Å². The first kappa shape index (κ1) is 19.9. The first-order valence-corrected chi connectivity index (χ1v) is 9.59. The van der Waals surface area contributed by atoms with Crippen molar-refractivity contribution in [1.82, 2.24) is 4.98 Å². The summed E-state index contributed by atoms with van der Waals surface area (Å²) in [5, 5.41) is 21.2. The Morgan fingerprint density at radius 2 is 1.63 bits per heavy atom. The second-order valence-corrected chi connectivity index (χ2v) is 7.44. The lowest BCUT2D eigenvalue weighted by Crippen LogP contribution is -2.29. The lowest BCUT2D eigenvalue weighted by molar-refractivity contribution is -0.132. The zero-order valence-corrected chi connectivity index (χ0v) is 16.8. The van der Waals surface area contributed by atoms with Gasteiger partial charge in [-0.05, 0) is 54.1 Å². The van der Waals surface area contributed by atoms with Crippen LogP contribution in [0, 0.1) is 0 Å². The van der Waals surface area contributed by atoms with E-state index in [1.807, 2.05) is 0 Å². The number of benzene rings is 2. The van der Waals surface area contributed by atoms with Crippen molar-refractivity contribution in [1.29, 1.82) is 0 Å². The molecule has 1 aliphatic rings. The van der Waals surface area contributed by atoms with E-state index in [2.05, 4.69) is 4.98 Å². The lowest BCUT2D eigenvalue weighted by Gasteiger charge is -2.25. The minimum absolute atomic E-state index is 0.0538. The number of anilines is 1. The molecule has 6 nitrogen and oxygen atoms in total. The first-order chi connectivity index (χ1) is 14.4. The van der Waals surface area contributed by atoms with Gasteiger partial charge in [0.05, 0.1) is 16.6 Å². The van der Waals surface area contributed by atoms with E-state index in [9.17, 15) is 19.8 Å². The number of halogens is 2. The van der Waals surface area contributed by atoms with Crippen LogP contribution in [0.1, 0.15) is 17.2 Å². The maximum atomic E-state index is 13.0. The highest BCUT2D eigenvalue weighted by Crippen LogP contribution is 2.43. The van der Waals surface area contributed by atoms with E-state index in [1.165, 1.54) is 41.6 Å². The molecule has 0 bridgehead atoms.